The van der Waals surface area contributed by atoms with E-state index >= 15 is 0 Å². The number of nitrogen functional groups attached to an aromatic ring is 1. The molecule has 0 aliphatic rings. The molecule has 8 heteroatoms. The number of fused-ring (bicyclic) bond motifs is 2. The molecule has 0 radical (unpaired) electrons. The van der Waals surface area contributed by atoms with Gasteiger partial charge in [0.2, 0.25) is 0 Å². The zero-order valence-electron chi connectivity index (χ0n) is 24.5. The van der Waals surface area contributed by atoms with E-state index in [1.54, 1.807) is 11.3 Å². The van der Waals surface area contributed by atoms with Crippen LogP contribution in [-0.2, 0) is 6.42 Å². The molecular weight excluding hydrogens is 624 g/mol. The number of thiazole rings is 1. The van der Waals surface area contributed by atoms with Crippen LogP contribution in [0.5, 0.6) is 0 Å². The minimum atomic E-state index is -0.0846. The minimum Gasteiger partial charge on any atom is -0.377 e. The van der Waals surface area contributed by atoms with E-state index < -0.39 is 0 Å². The van der Waals surface area contributed by atoms with Crippen molar-refractivity contribution in [1.29, 1.82) is 0 Å². The summed E-state index contributed by atoms with van der Waals surface area (Å²) in [5, 5.41) is 5.44. The van der Waals surface area contributed by atoms with E-state index in [9.17, 15) is 4.79 Å². The molecule has 1 unspecified atom stereocenters. The van der Waals surface area contributed by atoms with Crippen LogP contribution in [0.4, 0.5) is 5.13 Å². The first-order valence-corrected chi connectivity index (χ1v) is 16.0. The number of carbonyl (C=O) groups excluding carboxylic acids is 1. The average molecular weight is 664 g/mol. The molecule has 1 atom stereocenters. The highest BCUT2D eigenvalue weighted by Gasteiger charge is 2.18. The third-order valence-electron chi connectivity index (χ3n) is 6.33. The predicted molar refractivity (Wildman–Crippen MR) is 189 cm³/mol. The molecule has 220 valence electrons. The standard InChI is InChI=1S/C17H18N2S.C16H17BrO.CH4N2S/c1-11(2)9-15-16(19-17(18)20-15)14-8-7-12-5-3-4-6-13(12)10-14;1-11(2)9-15(17)16(18)14-8-7-12-5-3-4-6-13(12)10-14;2-1(3)4/h3-8,10-11H,9H2,1-2H3,(H2,18,19);3-8,10-11,15H,9H2,1-2H3;(H4,2,3,4). The highest BCUT2D eigenvalue weighted by Crippen LogP contribution is 2.33. The van der Waals surface area contributed by atoms with Crippen LogP contribution < -0.4 is 17.2 Å². The van der Waals surface area contributed by atoms with Crippen LogP contribution in [0, 0.1) is 11.8 Å². The van der Waals surface area contributed by atoms with Gasteiger partial charge in [-0.1, -0.05) is 116 Å². The van der Waals surface area contributed by atoms with Gasteiger partial charge in [0, 0.05) is 16.0 Å². The van der Waals surface area contributed by atoms with E-state index in [0.717, 1.165) is 35.0 Å². The number of Topliss-reactive ketones (excluding diaryl/α,β-unsaturated/α-hetero) is 1. The third kappa shape index (κ3) is 9.89. The smallest absolute Gasteiger partial charge is 0.180 e. The van der Waals surface area contributed by atoms with Gasteiger partial charge in [0.15, 0.2) is 16.0 Å². The summed E-state index contributed by atoms with van der Waals surface area (Å²) in [6, 6.07) is 28.9. The summed E-state index contributed by atoms with van der Waals surface area (Å²) in [6.07, 6.45) is 1.89. The van der Waals surface area contributed by atoms with Gasteiger partial charge in [-0.2, -0.15) is 0 Å². The Hall–Kier alpha value is -3.33. The SMILES string of the molecule is CC(C)CC(Br)C(=O)c1ccc2ccccc2c1.CC(C)Cc1sc(N)nc1-c1ccc2ccccc2c1.NC(N)=S. The molecule has 0 saturated carbocycles. The number of rotatable bonds is 7. The summed E-state index contributed by atoms with van der Waals surface area (Å²) in [7, 11) is 0. The molecule has 5 nitrogen and oxygen atoms in total. The fraction of sp³-hybridized carbons (Fsp3) is 0.265. The number of benzene rings is 4. The molecule has 0 fully saturated rings. The van der Waals surface area contributed by atoms with Crippen molar-refractivity contribution < 1.29 is 4.79 Å². The fourth-order valence-electron chi connectivity index (χ4n) is 4.49. The maximum Gasteiger partial charge on any atom is 0.180 e. The molecule has 6 N–H and O–H groups in total. The Morgan fingerprint density at radius 1 is 0.833 bits per heavy atom. The Morgan fingerprint density at radius 2 is 1.36 bits per heavy atom. The normalized spacial score (nSPS) is 11.5. The van der Waals surface area contributed by atoms with Crippen LogP contribution in [-0.4, -0.2) is 20.7 Å². The number of nitrogens with two attached hydrogens (primary N) is 3. The van der Waals surface area contributed by atoms with Crippen molar-refractivity contribution in [3.63, 3.8) is 0 Å². The first kappa shape index (κ1) is 33.2. The van der Waals surface area contributed by atoms with Crippen LogP contribution in [0.1, 0.15) is 49.4 Å². The number of thiocarbonyl (C=S) groups is 1. The van der Waals surface area contributed by atoms with Gasteiger partial charge in [0.25, 0.3) is 0 Å². The van der Waals surface area contributed by atoms with E-state index in [1.165, 1.54) is 21.0 Å². The molecule has 5 aromatic rings. The van der Waals surface area contributed by atoms with Gasteiger partial charge in [-0.05, 0) is 70.6 Å². The molecule has 5 rings (SSSR count). The van der Waals surface area contributed by atoms with Gasteiger partial charge in [-0.25, -0.2) is 4.98 Å². The molecule has 0 spiro atoms. The number of hydrogen-bond donors (Lipinski definition) is 3. The monoisotopic (exact) mass is 662 g/mol. The maximum absolute atomic E-state index is 12.3. The molecule has 0 aliphatic carbocycles. The molecule has 42 heavy (non-hydrogen) atoms. The summed E-state index contributed by atoms with van der Waals surface area (Å²) < 4.78 is 0. The zero-order valence-corrected chi connectivity index (χ0v) is 27.7. The lowest BCUT2D eigenvalue weighted by Gasteiger charge is -2.11. The summed E-state index contributed by atoms with van der Waals surface area (Å²) in [5.74, 6) is 1.29. The van der Waals surface area contributed by atoms with Gasteiger partial charge >= 0.3 is 0 Å². The first-order valence-electron chi connectivity index (χ1n) is 13.9. The average Bonchev–Trinajstić information content (AvgIpc) is 3.30. The van der Waals surface area contributed by atoms with E-state index in [2.05, 4.69) is 121 Å². The van der Waals surface area contributed by atoms with Crippen molar-refractivity contribution in [3.05, 3.63) is 95.4 Å². The van der Waals surface area contributed by atoms with E-state index in [-0.39, 0.29) is 15.7 Å². The summed E-state index contributed by atoms with van der Waals surface area (Å²) in [4.78, 5) is 18.0. The number of anilines is 1. The number of ketones is 1. The second-order valence-electron chi connectivity index (χ2n) is 10.9. The number of nitrogens with zero attached hydrogens (tertiary/aromatic N) is 1. The first-order chi connectivity index (χ1) is 19.9. The molecule has 0 bridgehead atoms. The lowest BCUT2D eigenvalue weighted by Crippen LogP contribution is -2.18. The molecule has 4 aromatic carbocycles. The molecule has 0 saturated heterocycles. The van der Waals surface area contributed by atoms with Gasteiger partial charge in [-0.15, -0.1) is 11.3 Å². The highest BCUT2D eigenvalue weighted by atomic mass is 79.9. The van der Waals surface area contributed by atoms with Crippen LogP contribution in [0.2, 0.25) is 0 Å². The van der Waals surface area contributed by atoms with Crippen LogP contribution >= 0.6 is 39.5 Å². The van der Waals surface area contributed by atoms with Crippen LogP contribution in [0.25, 0.3) is 32.8 Å². The Balaban J connectivity index is 0.000000206. The zero-order chi connectivity index (χ0) is 30.8. The van der Waals surface area contributed by atoms with Crippen LogP contribution in [0.3, 0.4) is 0 Å². The Kier molecular flexibility index (Phi) is 12.5. The predicted octanol–water partition coefficient (Wildman–Crippen LogP) is 8.76. The Labute approximate surface area is 266 Å². The van der Waals surface area contributed by atoms with Crippen molar-refractivity contribution >= 4 is 77.1 Å². The van der Waals surface area contributed by atoms with Gasteiger partial charge < -0.3 is 17.2 Å². The van der Waals surface area contributed by atoms with E-state index in [4.69, 9.17) is 5.73 Å². The van der Waals surface area contributed by atoms with E-state index in [0.29, 0.717) is 17.0 Å². The minimum absolute atomic E-state index is 0.000000000000000222. The molecule has 0 amide bonds. The third-order valence-corrected chi connectivity index (χ3v) is 8.02. The second kappa shape index (κ2) is 15.8. The van der Waals surface area contributed by atoms with Gasteiger partial charge in [-0.3, -0.25) is 4.79 Å². The topological polar surface area (TPSA) is 108 Å². The highest BCUT2D eigenvalue weighted by molar-refractivity contribution is 9.10. The Bertz CT molecular complexity index is 1640. The lowest BCUT2D eigenvalue weighted by molar-refractivity contribution is 0.0984. The summed E-state index contributed by atoms with van der Waals surface area (Å²) in [5.41, 5.74) is 18.1. The van der Waals surface area contributed by atoms with Crippen molar-refractivity contribution in [1.82, 2.24) is 4.98 Å². The van der Waals surface area contributed by atoms with Crippen LogP contribution in [0.15, 0.2) is 84.9 Å². The largest absolute Gasteiger partial charge is 0.377 e. The van der Waals surface area contributed by atoms with Crippen molar-refractivity contribution in [2.45, 2.75) is 45.4 Å². The van der Waals surface area contributed by atoms with Crippen molar-refractivity contribution in [3.8, 4) is 11.3 Å². The van der Waals surface area contributed by atoms with Crippen molar-refractivity contribution in [2.24, 2.45) is 23.3 Å². The second-order valence-corrected chi connectivity index (χ2v) is 13.6. The van der Waals surface area contributed by atoms with Crippen molar-refractivity contribution in [2.75, 3.05) is 5.73 Å². The van der Waals surface area contributed by atoms with E-state index in [1.807, 2.05) is 36.4 Å². The summed E-state index contributed by atoms with van der Waals surface area (Å²) >= 11 is 9.20. The number of halogens is 1. The lowest BCUT2D eigenvalue weighted by atomic mass is 9.99. The molecule has 0 aliphatic heterocycles. The quantitative estimate of drug-likeness (QED) is 0.0913. The molecule has 1 aromatic heterocycles. The fourth-order valence-corrected chi connectivity index (χ4v) is 6.56. The number of alkyl halides is 1. The number of aromatic nitrogens is 1. The Morgan fingerprint density at radius 3 is 1.90 bits per heavy atom. The number of carbonyl (C=O) groups is 1. The number of hydrogen-bond acceptors (Lipinski definition) is 5. The van der Waals surface area contributed by atoms with Gasteiger partial charge in [0.05, 0.1) is 10.5 Å². The maximum atomic E-state index is 12.3. The molecule has 1 heterocycles. The van der Waals surface area contributed by atoms with Gasteiger partial charge in [0.1, 0.15) is 0 Å². The summed E-state index contributed by atoms with van der Waals surface area (Å²) in [6.45, 7) is 8.70. The molecular formula is C34H39BrN4OS2.